The SMILES string of the molecule is Nc1ccc(Oc2nc(-c3ccccc3)nc(-c3ccccc3)n2)cc1. The maximum atomic E-state index is 5.84. The van der Waals surface area contributed by atoms with E-state index in [2.05, 4.69) is 15.0 Å². The molecule has 0 saturated carbocycles. The van der Waals surface area contributed by atoms with E-state index in [0.29, 0.717) is 23.1 Å². The Morgan fingerprint density at radius 2 is 1.08 bits per heavy atom. The Bertz CT molecular complexity index is 945. The average molecular weight is 340 g/mol. The van der Waals surface area contributed by atoms with Gasteiger partial charge in [-0.05, 0) is 24.3 Å². The molecular weight excluding hydrogens is 324 g/mol. The molecule has 5 heteroatoms. The second-order valence-electron chi connectivity index (χ2n) is 5.67. The van der Waals surface area contributed by atoms with Gasteiger partial charge in [-0.2, -0.15) is 9.97 Å². The summed E-state index contributed by atoms with van der Waals surface area (Å²) in [6, 6.07) is 26.9. The van der Waals surface area contributed by atoms with Gasteiger partial charge in [0.1, 0.15) is 5.75 Å². The molecule has 0 unspecified atom stereocenters. The van der Waals surface area contributed by atoms with E-state index < -0.39 is 0 Å². The maximum absolute atomic E-state index is 5.84. The smallest absolute Gasteiger partial charge is 0.326 e. The molecule has 0 amide bonds. The van der Waals surface area contributed by atoms with Crippen molar-refractivity contribution in [3.63, 3.8) is 0 Å². The Morgan fingerprint density at radius 3 is 1.58 bits per heavy atom. The van der Waals surface area contributed by atoms with Crippen LogP contribution in [0.4, 0.5) is 5.69 Å². The third-order valence-corrected chi connectivity index (χ3v) is 3.77. The van der Waals surface area contributed by atoms with Gasteiger partial charge in [-0.3, -0.25) is 0 Å². The van der Waals surface area contributed by atoms with Crippen molar-refractivity contribution in [3.05, 3.63) is 84.9 Å². The predicted molar refractivity (Wildman–Crippen MR) is 102 cm³/mol. The van der Waals surface area contributed by atoms with Crippen molar-refractivity contribution < 1.29 is 4.74 Å². The zero-order chi connectivity index (χ0) is 17.8. The normalized spacial score (nSPS) is 10.5. The highest BCUT2D eigenvalue weighted by Crippen LogP contribution is 2.25. The van der Waals surface area contributed by atoms with Gasteiger partial charge < -0.3 is 10.5 Å². The highest BCUT2D eigenvalue weighted by molar-refractivity contribution is 5.61. The molecule has 5 nitrogen and oxygen atoms in total. The molecule has 0 atom stereocenters. The van der Waals surface area contributed by atoms with E-state index in [9.17, 15) is 0 Å². The van der Waals surface area contributed by atoms with Crippen LogP contribution in [0.1, 0.15) is 0 Å². The first-order valence-corrected chi connectivity index (χ1v) is 8.18. The number of nitrogens with two attached hydrogens (primary N) is 1. The molecule has 2 N–H and O–H groups in total. The number of ether oxygens (including phenoxy) is 1. The van der Waals surface area contributed by atoms with E-state index in [1.54, 1.807) is 24.3 Å². The van der Waals surface area contributed by atoms with Gasteiger partial charge >= 0.3 is 6.01 Å². The summed E-state index contributed by atoms with van der Waals surface area (Å²) in [6.07, 6.45) is 0. The minimum atomic E-state index is 0.238. The van der Waals surface area contributed by atoms with Crippen molar-refractivity contribution >= 4 is 5.69 Å². The van der Waals surface area contributed by atoms with E-state index in [1.165, 1.54) is 0 Å². The van der Waals surface area contributed by atoms with Gasteiger partial charge in [0, 0.05) is 16.8 Å². The van der Waals surface area contributed by atoms with E-state index in [-0.39, 0.29) is 6.01 Å². The van der Waals surface area contributed by atoms with Gasteiger partial charge in [0.2, 0.25) is 0 Å². The van der Waals surface area contributed by atoms with E-state index >= 15 is 0 Å². The zero-order valence-corrected chi connectivity index (χ0v) is 13.9. The van der Waals surface area contributed by atoms with Crippen LogP contribution in [0.3, 0.4) is 0 Å². The lowest BCUT2D eigenvalue weighted by atomic mass is 10.2. The van der Waals surface area contributed by atoms with Gasteiger partial charge in [-0.15, -0.1) is 0 Å². The van der Waals surface area contributed by atoms with Crippen LogP contribution in [-0.2, 0) is 0 Å². The molecule has 0 radical (unpaired) electrons. The van der Waals surface area contributed by atoms with Gasteiger partial charge in [-0.1, -0.05) is 60.7 Å². The summed E-state index contributed by atoms with van der Waals surface area (Å²) in [5, 5.41) is 0. The third-order valence-electron chi connectivity index (χ3n) is 3.77. The van der Waals surface area contributed by atoms with Crippen LogP contribution in [0, 0.1) is 0 Å². The Labute approximate surface area is 151 Å². The quantitative estimate of drug-likeness (QED) is 0.550. The molecule has 0 aliphatic rings. The van der Waals surface area contributed by atoms with Crippen molar-refractivity contribution in [1.29, 1.82) is 0 Å². The number of hydrogen-bond donors (Lipinski definition) is 1. The van der Waals surface area contributed by atoms with Crippen LogP contribution in [0.25, 0.3) is 22.8 Å². The lowest BCUT2D eigenvalue weighted by molar-refractivity contribution is 0.441. The summed E-state index contributed by atoms with van der Waals surface area (Å²) in [5.74, 6) is 1.73. The monoisotopic (exact) mass is 340 g/mol. The zero-order valence-electron chi connectivity index (χ0n) is 13.9. The fourth-order valence-electron chi connectivity index (χ4n) is 2.48. The molecule has 4 aromatic rings. The molecule has 3 aromatic carbocycles. The Hall–Kier alpha value is -3.73. The summed E-state index contributed by atoms with van der Waals surface area (Å²) in [5.41, 5.74) is 8.19. The molecule has 0 aliphatic heterocycles. The van der Waals surface area contributed by atoms with Crippen molar-refractivity contribution in [2.75, 3.05) is 5.73 Å². The highest BCUT2D eigenvalue weighted by Gasteiger charge is 2.11. The Balaban J connectivity index is 1.78. The summed E-state index contributed by atoms with van der Waals surface area (Å²) >= 11 is 0. The van der Waals surface area contributed by atoms with Crippen LogP contribution in [0.15, 0.2) is 84.9 Å². The van der Waals surface area contributed by atoms with Crippen molar-refractivity contribution in [1.82, 2.24) is 15.0 Å². The summed E-state index contributed by atoms with van der Waals surface area (Å²) in [7, 11) is 0. The molecule has 1 aromatic heterocycles. The lowest BCUT2D eigenvalue weighted by Gasteiger charge is -2.09. The molecule has 4 rings (SSSR count). The largest absolute Gasteiger partial charge is 0.424 e. The summed E-state index contributed by atoms with van der Waals surface area (Å²) in [6.45, 7) is 0. The van der Waals surface area contributed by atoms with Crippen LogP contribution >= 0.6 is 0 Å². The second-order valence-corrected chi connectivity index (χ2v) is 5.67. The molecule has 0 bridgehead atoms. The molecule has 0 spiro atoms. The molecule has 26 heavy (non-hydrogen) atoms. The summed E-state index contributed by atoms with van der Waals surface area (Å²) in [4.78, 5) is 13.5. The Kier molecular flexibility index (Phi) is 4.26. The average Bonchev–Trinajstić information content (AvgIpc) is 2.71. The van der Waals surface area contributed by atoms with Crippen LogP contribution in [0.2, 0.25) is 0 Å². The fourth-order valence-corrected chi connectivity index (χ4v) is 2.48. The second kappa shape index (κ2) is 7.03. The number of benzene rings is 3. The molecular formula is C21H16N4O. The Morgan fingerprint density at radius 1 is 0.577 bits per heavy atom. The number of aromatic nitrogens is 3. The van der Waals surface area contributed by atoms with Crippen molar-refractivity contribution in [2.45, 2.75) is 0 Å². The van der Waals surface area contributed by atoms with Gasteiger partial charge in [0.05, 0.1) is 0 Å². The molecule has 0 aliphatic carbocycles. The van der Waals surface area contributed by atoms with Crippen LogP contribution < -0.4 is 10.5 Å². The number of hydrogen-bond acceptors (Lipinski definition) is 5. The number of anilines is 1. The van der Waals surface area contributed by atoms with Crippen LogP contribution in [0.5, 0.6) is 11.8 Å². The topological polar surface area (TPSA) is 73.9 Å². The predicted octanol–water partition coefficient (Wildman–Crippen LogP) is 4.58. The molecule has 126 valence electrons. The highest BCUT2D eigenvalue weighted by atomic mass is 16.5. The summed E-state index contributed by atoms with van der Waals surface area (Å²) < 4.78 is 5.84. The van der Waals surface area contributed by atoms with Crippen molar-refractivity contribution in [2.24, 2.45) is 0 Å². The number of nitrogens with zero attached hydrogens (tertiary/aromatic N) is 3. The first kappa shape index (κ1) is 15.8. The van der Waals surface area contributed by atoms with E-state index in [1.807, 2.05) is 60.7 Å². The van der Waals surface area contributed by atoms with E-state index in [0.717, 1.165) is 11.1 Å². The molecule has 1 heterocycles. The third kappa shape index (κ3) is 3.52. The van der Waals surface area contributed by atoms with Crippen LogP contribution in [-0.4, -0.2) is 15.0 Å². The van der Waals surface area contributed by atoms with E-state index in [4.69, 9.17) is 10.5 Å². The van der Waals surface area contributed by atoms with Crippen molar-refractivity contribution in [3.8, 4) is 34.5 Å². The fraction of sp³-hybridized carbons (Fsp3) is 0. The molecule has 0 saturated heterocycles. The van der Waals surface area contributed by atoms with Gasteiger partial charge in [-0.25, -0.2) is 4.98 Å². The minimum Gasteiger partial charge on any atom is -0.424 e. The van der Waals surface area contributed by atoms with Gasteiger partial charge in [0.15, 0.2) is 11.6 Å². The first-order valence-electron chi connectivity index (χ1n) is 8.18. The molecule has 0 fully saturated rings. The van der Waals surface area contributed by atoms with Gasteiger partial charge in [0.25, 0.3) is 0 Å². The minimum absolute atomic E-state index is 0.238. The lowest BCUT2D eigenvalue weighted by Crippen LogP contribution is -2.00. The first-order chi connectivity index (χ1) is 12.8. The standard InChI is InChI=1S/C21H16N4O/c22-17-11-13-18(14-12-17)26-21-24-19(15-7-3-1-4-8-15)23-20(25-21)16-9-5-2-6-10-16/h1-14H,22H2. The number of rotatable bonds is 4. The number of nitrogen functional groups attached to an aromatic ring is 1. The maximum Gasteiger partial charge on any atom is 0.326 e.